The number of nitrogens with one attached hydrogen (secondary N) is 1. The first-order chi connectivity index (χ1) is 8.06. The van der Waals surface area contributed by atoms with Gasteiger partial charge < -0.3 is 5.32 Å². The fourth-order valence-corrected chi connectivity index (χ4v) is 3.32. The van der Waals surface area contributed by atoms with Gasteiger partial charge in [0, 0.05) is 15.9 Å². The molecule has 0 spiro atoms. The van der Waals surface area contributed by atoms with E-state index in [4.69, 9.17) is 23.2 Å². The third-order valence-corrected chi connectivity index (χ3v) is 4.23. The fourth-order valence-electron chi connectivity index (χ4n) is 1.33. The number of halogens is 4. The fraction of sp³-hybridized carbons (Fsp3) is 0.0909. The maximum absolute atomic E-state index is 13.0. The van der Waals surface area contributed by atoms with Crippen LogP contribution < -0.4 is 5.32 Å². The number of thiophene rings is 1. The summed E-state index contributed by atoms with van der Waals surface area (Å²) in [6, 6.07) is 6.42. The molecule has 0 atom stereocenters. The van der Waals surface area contributed by atoms with Crippen LogP contribution in [0.2, 0.25) is 9.36 Å². The quantitative estimate of drug-likeness (QED) is 0.759. The Morgan fingerprint density at radius 2 is 2.06 bits per heavy atom. The van der Waals surface area contributed by atoms with E-state index in [1.165, 1.54) is 23.5 Å². The van der Waals surface area contributed by atoms with Gasteiger partial charge in [-0.3, -0.25) is 0 Å². The molecule has 0 aliphatic carbocycles. The van der Waals surface area contributed by atoms with Crippen molar-refractivity contribution in [3.8, 4) is 0 Å². The minimum absolute atomic E-state index is 0.347. The Kier molecular flexibility index (Phi) is 4.31. The monoisotopic (exact) mass is 353 g/mol. The first-order valence-electron chi connectivity index (χ1n) is 4.69. The van der Waals surface area contributed by atoms with Gasteiger partial charge in [0.1, 0.15) is 5.82 Å². The molecule has 0 aliphatic heterocycles. The molecule has 1 nitrogen and oxygen atoms in total. The van der Waals surface area contributed by atoms with E-state index in [0.29, 0.717) is 21.7 Å². The Balaban J connectivity index is 2.14. The van der Waals surface area contributed by atoms with Gasteiger partial charge in [-0.2, -0.15) is 0 Å². The lowest BCUT2D eigenvalue weighted by molar-refractivity contribution is 0.627. The molecule has 0 unspecified atom stereocenters. The second-order valence-electron chi connectivity index (χ2n) is 3.30. The van der Waals surface area contributed by atoms with Crippen LogP contribution in [-0.2, 0) is 6.54 Å². The molecule has 17 heavy (non-hydrogen) atoms. The third-order valence-electron chi connectivity index (χ3n) is 2.08. The lowest BCUT2D eigenvalue weighted by Crippen LogP contribution is -1.99. The highest BCUT2D eigenvalue weighted by Gasteiger charge is 2.08. The van der Waals surface area contributed by atoms with Gasteiger partial charge in [-0.05, 0) is 40.2 Å². The molecule has 0 bridgehead atoms. The molecule has 6 heteroatoms. The number of hydrogen-bond acceptors (Lipinski definition) is 2. The normalized spacial score (nSPS) is 10.6. The van der Waals surface area contributed by atoms with Crippen molar-refractivity contribution in [3.05, 3.63) is 48.8 Å². The Morgan fingerprint density at radius 3 is 2.65 bits per heavy atom. The van der Waals surface area contributed by atoms with Crippen LogP contribution in [0.4, 0.5) is 10.1 Å². The largest absolute Gasteiger partial charge is 0.378 e. The second-order valence-corrected chi connectivity index (χ2v) is 6.36. The van der Waals surface area contributed by atoms with Gasteiger partial charge in [0.05, 0.1) is 15.0 Å². The summed E-state index contributed by atoms with van der Waals surface area (Å²) in [6.07, 6.45) is 0. The van der Waals surface area contributed by atoms with E-state index >= 15 is 0 Å². The van der Waals surface area contributed by atoms with Crippen LogP contribution in [0, 0.1) is 5.82 Å². The lowest BCUT2D eigenvalue weighted by Gasteiger charge is -2.09. The topological polar surface area (TPSA) is 12.0 Å². The van der Waals surface area contributed by atoms with Gasteiger partial charge in [0.25, 0.3) is 0 Å². The smallest absolute Gasteiger partial charge is 0.125 e. The van der Waals surface area contributed by atoms with Crippen LogP contribution >= 0.6 is 50.5 Å². The molecule has 0 aliphatic rings. The van der Waals surface area contributed by atoms with Crippen LogP contribution in [0.15, 0.2) is 28.7 Å². The van der Waals surface area contributed by atoms with Crippen molar-refractivity contribution in [1.29, 1.82) is 0 Å². The molecule has 0 saturated heterocycles. The summed E-state index contributed by atoms with van der Waals surface area (Å²) < 4.78 is 14.4. The van der Waals surface area contributed by atoms with Crippen molar-refractivity contribution in [2.45, 2.75) is 6.54 Å². The van der Waals surface area contributed by atoms with Gasteiger partial charge in [0.2, 0.25) is 0 Å². The van der Waals surface area contributed by atoms with E-state index in [1.54, 1.807) is 0 Å². The van der Waals surface area contributed by atoms with Crippen molar-refractivity contribution in [2.24, 2.45) is 0 Å². The van der Waals surface area contributed by atoms with Crippen LogP contribution in [0.3, 0.4) is 0 Å². The Hall–Kier alpha value is -0.290. The molecule has 0 radical (unpaired) electrons. The maximum Gasteiger partial charge on any atom is 0.125 e. The maximum atomic E-state index is 13.0. The molecule has 0 amide bonds. The van der Waals surface area contributed by atoms with Gasteiger partial charge >= 0.3 is 0 Å². The zero-order valence-electron chi connectivity index (χ0n) is 8.44. The van der Waals surface area contributed by atoms with E-state index < -0.39 is 0 Å². The molecular weight excluding hydrogens is 348 g/mol. The number of hydrogen-bond donors (Lipinski definition) is 1. The third kappa shape index (κ3) is 3.35. The number of rotatable bonds is 3. The predicted molar refractivity (Wildman–Crippen MR) is 75.8 cm³/mol. The van der Waals surface area contributed by atoms with Gasteiger partial charge in [0.15, 0.2) is 0 Å². The summed E-state index contributed by atoms with van der Waals surface area (Å²) in [5.41, 5.74) is 0.678. The molecule has 90 valence electrons. The minimum atomic E-state index is -0.369. The minimum Gasteiger partial charge on any atom is -0.378 e. The van der Waals surface area contributed by atoms with Crippen molar-refractivity contribution in [1.82, 2.24) is 0 Å². The molecule has 1 N–H and O–H groups in total. The van der Waals surface area contributed by atoms with E-state index in [0.717, 1.165) is 9.21 Å². The highest BCUT2D eigenvalue weighted by atomic mass is 79.9. The van der Waals surface area contributed by atoms with Crippen molar-refractivity contribution in [2.75, 3.05) is 5.32 Å². The SMILES string of the molecule is Fc1cc(Cl)c(NCc2ccc(Cl)s2)c(Br)c1. The van der Waals surface area contributed by atoms with Gasteiger partial charge in [-0.15, -0.1) is 11.3 Å². The first-order valence-corrected chi connectivity index (χ1v) is 7.05. The Morgan fingerprint density at radius 1 is 1.29 bits per heavy atom. The molecule has 1 aromatic heterocycles. The average Bonchev–Trinajstić information content (AvgIpc) is 2.62. The second kappa shape index (κ2) is 5.57. The molecule has 0 saturated carbocycles. The molecule has 0 fully saturated rings. The van der Waals surface area contributed by atoms with Crippen molar-refractivity contribution < 1.29 is 4.39 Å². The summed E-state index contributed by atoms with van der Waals surface area (Å²) in [6.45, 7) is 0.599. The summed E-state index contributed by atoms with van der Waals surface area (Å²) in [5.74, 6) is -0.369. The summed E-state index contributed by atoms with van der Waals surface area (Å²) >= 11 is 16.5. The first kappa shape index (κ1) is 13.1. The van der Waals surface area contributed by atoms with E-state index in [2.05, 4.69) is 21.2 Å². The van der Waals surface area contributed by atoms with E-state index in [-0.39, 0.29) is 5.82 Å². The van der Waals surface area contributed by atoms with Crippen LogP contribution in [0.1, 0.15) is 4.88 Å². The van der Waals surface area contributed by atoms with Crippen LogP contribution in [-0.4, -0.2) is 0 Å². The zero-order chi connectivity index (χ0) is 12.4. The van der Waals surface area contributed by atoms with E-state index in [1.807, 2.05) is 12.1 Å². The molecule has 2 aromatic rings. The standard InChI is InChI=1S/C11H7BrCl2FNS/c12-8-3-6(15)4-9(13)11(8)16-5-7-1-2-10(14)17-7/h1-4,16H,5H2. The number of benzene rings is 1. The average molecular weight is 355 g/mol. The van der Waals surface area contributed by atoms with Crippen LogP contribution in [0.25, 0.3) is 0 Å². The van der Waals surface area contributed by atoms with E-state index in [9.17, 15) is 4.39 Å². The molecule has 1 heterocycles. The van der Waals surface area contributed by atoms with Crippen molar-refractivity contribution in [3.63, 3.8) is 0 Å². The highest BCUT2D eigenvalue weighted by Crippen LogP contribution is 2.32. The summed E-state index contributed by atoms with van der Waals surface area (Å²) in [5, 5.41) is 3.49. The van der Waals surface area contributed by atoms with Gasteiger partial charge in [-0.1, -0.05) is 23.2 Å². The predicted octanol–water partition coefficient (Wildman–Crippen LogP) is 5.57. The zero-order valence-corrected chi connectivity index (χ0v) is 12.4. The number of anilines is 1. The lowest BCUT2D eigenvalue weighted by atomic mass is 10.3. The molecular formula is C11H7BrCl2FNS. The van der Waals surface area contributed by atoms with Crippen LogP contribution in [0.5, 0.6) is 0 Å². The highest BCUT2D eigenvalue weighted by molar-refractivity contribution is 9.10. The van der Waals surface area contributed by atoms with Gasteiger partial charge in [-0.25, -0.2) is 4.39 Å². The Bertz CT molecular complexity index is 521. The Labute approximate surface area is 121 Å². The van der Waals surface area contributed by atoms with Crippen molar-refractivity contribution >= 4 is 56.2 Å². The molecule has 1 aromatic carbocycles. The summed E-state index contributed by atoms with van der Waals surface area (Å²) in [4.78, 5) is 1.09. The summed E-state index contributed by atoms with van der Waals surface area (Å²) in [7, 11) is 0. The molecule has 2 rings (SSSR count).